The van der Waals surface area contributed by atoms with E-state index in [1.807, 2.05) is 12.1 Å². The molecule has 2 aromatic rings. The van der Waals surface area contributed by atoms with Crippen LogP contribution >= 0.6 is 0 Å². The molecule has 2 aromatic carbocycles. The highest BCUT2D eigenvalue weighted by Gasteiger charge is 2.01. The maximum absolute atomic E-state index is 9.01. The molecule has 0 saturated heterocycles. The zero-order valence-corrected chi connectivity index (χ0v) is 14.6. The van der Waals surface area contributed by atoms with Crippen LogP contribution in [0.1, 0.15) is 69.1 Å². The quantitative estimate of drug-likeness (QED) is 0.691. The molecule has 2 rings (SSSR count). The largest absolute Gasteiger partial charge is 0.508 e. The van der Waals surface area contributed by atoms with E-state index in [9.17, 15) is 0 Å². The molecule has 2 atom stereocenters. The number of phenolic OH excluding ortho intramolecular Hbond substituents is 1. The first-order valence-corrected chi connectivity index (χ1v) is 8.33. The third-order valence-corrected chi connectivity index (χ3v) is 4.30. The summed E-state index contributed by atoms with van der Waals surface area (Å²) in [5.74, 6) is 1.64. The van der Waals surface area contributed by atoms with Gasteiger partial charge in [0.15, 0.2) is 0 Å². The van der Waals surface area contributed by atoms with Crippen LogP contribution in [0.3, 0.4) is 0 Å². The van der Waals surface area contributed by atoms with Crippen LogP contribution in [0.25, 0.3) is 0 Å². The van der Waals surface area contributed by atoms with Crippen molar-refractivity contribution in [1.29, 1.82) is 0 Å². The molecule has 0 spiro atoms. The summed E-state index contributed by atoms with van der Waals surface area (Å²) < 4.78 is 0. The Morgan fingerprint density at radius 2 is 1.36 bits per heavy atom. The Labute approximate surface area is 136 Å². The minimum atomic E-state index is 0.344. The Morgan fingerprint density at radius 1 is 0.818 bits per heavy atom. The predicted octanol–water partition coefficient (Wildman–Crippen LogP) is 6.41. The summed E-state index contributed by atoms with van der Waals surface area (Å²) in [5, 5.41) is 9.01. The number of aromatic hydroxyl groups is 1. The lowest BCUT2D eigenvalue weighted by atomic mass is 9.97. The summed E-state index contributed by atoms with van der Waals surface area (Å²) in [4.78, 5) is 0. The van der Waals surface area contributed by atoms with Crippen molar-refractivity contribution >= 4 is 0 Å². The highest BCUT2D eigenvalue weighted by atomic mass is 16.3. The molecule has 0 amide bonds. The smallest absolute Gasteiger partial charge is 0.115 e. The first kappa shape index (κ1) is 18.3. The Hall–Kier alpha value is -1.76. The first-order chi connectivity index (χ1) is 10.5. The van der Waals surface area contributed by atoms with Gasteiger partial charge in [-0.15, -0.1) is 0 Å². The molecular weight excluding hydrogens is 268 g/mol. The standard InChI is InChI=1S/C11H16.C10H14O/c1-4-10(3)11-7-5-6-9(2)8-11;1-3-8(2)9-4-6-10(11)7-5-9/h5-8,10H,4H2,1-3H3;4-8,11H,3H2,1-2H3. The summed E-state index contributed by atoms with van der Waals surface area (Å²) >= 11 is 0. The molecule has 0 aliphatic rings. The van der Waals surface area contributed by atoms with Crippen LogP contribution in [-0.2, 0) is 0 Å². The van der Waals surface area contributed by atoms with Crippen molar-refractivity contribution in [3.63, 3.8) is 0 Å². The van der Waals surface area contributed by atoms with Gasteiger partial charge in [0, 0.05) is 0 Å². The van der Waals surface area contributed by atoms with E-state index in [0.29, 0.717) is 17.6 Å². The van der Waals surface area contributed by atoms with Crippen molar-refractivity contribution in [3.8, 4) is 5.75 Å². The average molecular weight is 298 g/mol. The molecular formula is C21H30O. The summed E-state index contributed by atoms with van der Waals surface area (Å²) in [7, 11) is 0. The van der Waals surface area contributed by atoms with Crippen LogP contribution in [0, 0.1) is 6.92 Å². The number of phenols is 1. The Bertz CT molecular complexity index is 542. The maximum atomic E-state index is 9.01. The molecule has 0 bridgehead atoms. The number of hydrogen-bond donors (Lipinski definition) is 1. The van der Waals surface area contributed by atoms with E-state index in [1.165, 1.54) is 23.1 Å². The lowest BCUT2D eigenvalue weighted by molar-refractivity contribution is 0.475. The molecule has 120 valence electrons. The van der Waals surface area contributed by atoms with E-state index in [4.69, 9.17) is 5.11 Å². The fourth-order valence-electron chi connectivity index (χ4n) is 2.25. The normalized spacial score (nSPS) is 13.0. The van der Waals surface area contributed by atoms with Crippen molar-refractivity contribution < 1.29 is 5.11 Å². The topological polar surface area (TPSA) is 20.2 Å². The third kappa shape index (κ3) is 5.93. The second-order valence-electron chi connectivity index (χ2n) is 6.12. The van der Waals surface area contributed by atoms with E-state index in [0.717, 1.165) is 6.42 Å². The molecule has 1 nitrogen and oxygen atoms in total. The van der Waals surface area contributed by atoms with Gasteiger partial charge in [-0.05, 0) is 54.9 Å². The highest BCUT2D eigenvalue weighted by Crippen LogP contribution is 2.20. The minimum absolute atomic E-state index is 0.344. The molecule has 1 N–H and O–H groups in total. The second kappa shape index (κ2) is 9.30. The van der Waals surface area contributed by atoms with Crippen molar-refractivity contribution in [2.45, 2.75) is 59.3 Å². The zero-order chi connectivity index (χ0) is 16.5. The van der Waals surface area contributed by atoms with Gasteiger partial charge >= 0.3 is 0 Å². The van der Waals surface area contributed by atoms with E-state index in [-0.39, 0.29) is 0 Å². The van der Waals surface area contributed by atoms with Gasteiger partial charge in [-0.2, -0.15) is 0 Å². The van der Waals surface area contributed by atoms with Crippen LogP contribution in [0.4, 0.5) is 0 Å². The van der Waals surface area contributed by atoms with Gasteiger partial charge in [0.2, 0.25) is 0 Å². The monoisotopic (exact) mass is 298 g/mol. The first-order valence-electron chi connectivity index (χ1n) is 8.33. The predicted molar refractivity (Wildman–Crippen MR) is 96.7 cm³/mol. The van der Waals surface area contributed by atoms with Crippen LogP contribution in [0.2, 0.25) is 0 Å². The maximum Gasteiger partial charge on any atom is 0.115 e. The molecule has 2 unspecified atom stereocenters. The molecule has 0 aliphatic heterocycles. The zero-order valence-electron chi connectivity index (χ0n) is 14.6. The SMILES string of the molecule is CCC(C)c1ccc(O)cc1.CCC(C)c1cccc(C)c1. The van der Waals surface area contributed by atoms with Gasteiger partial charge < -0.3 is 5.11 Å². The van der Waals surface area contributed by atoms with Gasteiger partial charge in [-0.25, -0.2) is 0 Å². The lowest BCUT2D eigenvalue weighted by Crippen LogP contribution is -1.90. The van der Waals surface area contributed by atoms with Crippen LogP contribution in [0.15, 0.2) is 48.5 Å². The van der Waals surface area contributed by atoms with Crippen LogP contribution in [-0.4, -0.2) is 5.11 Å². The van der Waals surface area contributed by atoms with Gasteiger partial charge in [0.05, 0.1) is 0 Å². The van der Waals surface area contributed by atoms with Crippen molar-refractivity contribution in [2.24, 2.45) is 0 Å². The van der Waals surface area contributed by atoms with E-state index < -0.39 is 0 Å². The van der Waals surface area contributed by atoms with Gasteiger partial charge in [0.1, 0.15) is 5.75 Å². The Morgan fingerprint density at radius 3 is 1.86 bits per heavy atom. The molecule has 22 heavy (non-hydrogen) atoms. The molecule has 0 heterocycles. The van der Waals surface area contributed by atoms with E-state index >= 15 is 0 Å². The summed E-state index contributed by atoms with van der Waals surface area (Å²) in [6.45, 7) is 11.0. The molecule has 0 radical (unpaired) electrons. The van der Waals surface area contributed by atoms with Crippen molar-refractivity contribution in [1.82, 2.24) is 0 Å². The number of aryl methyl sites for hydroxylation is 1. The van der Waals surface area contributed by atoms with Crippen molar-refractivity contribution in [3.05, 3.63) is 65.2 Å². The van der Waals surface area contributed by atoms with Crippen LogP contribution < -0.4 is 0 Å². The fourth-order valence-corrected chi connectivity index (χ4v) is 2.25. The molecule has 0 fully saturated rings. The van der Waals surface area contributed by atoms with Crippen LogP contribution in [0.5, 0.6) is 5.75 Å². The second-order valence-corrected chi connectivity index (χ2v) is 6.12. The van der Waals surface area contributed by atoms with E-state index in [2.05, 4.69) is 58.9 Å². The van der Waals surface area contributed by atoms with Gasteiger partial charge in [0.25, 0.3) is 0 Å². The fraction of sp³-hybridized carbons (Fsp3) is 0.429. The molecule has 0 aromatic heterocycles. The number of benzene rings is 2. The molecule has 0 aliphatic carbocycles. The lowest BCUT2D eigenvalue weighted by Gasteiger charge is -2.08. The third-order valence-electron chi connectivity index (χ3n) is 4.30. The Balaban J connectivity index is 0.000000220. The van der Waals surface area contributed by atoms with E-state index in [1.54, 1.807) is 12.1 Å². The molecule has 1 heteroatoms. The van der Waals surface area contributed by atoms with Gasteiger partial charge in [-0.3, -0.25) is 0 Å². The minimum Gasteiger partial charge on any atom is -0.508 e. The molecule has 0 saturated carbocycles. The highest BCUT2D eigenvalue weighted by molar-refractivity contribution is 5.27. The van der Waals surface area contributed by atoms with Gasteiger partial charge in [-0.1, -0.05) is 69.7 Å². The summed E-state index contributed by atoms with van der Waals surface area (Å²) in [5.41, 5.74) is 4.13. The Kier molecular flexibility index (Phi) is 7.73. The average Bonchev–Trinajstić information content (AvgIpc) is 2.54. The summed E-state index contributed by atoms with van der Waals surface area (Å²) in [6, 6.07) is 16.2. The van der Waals surface area contributed by atoms with Crippen molar-refractivity contribution in [2.75, 3.05) is 0 Å². The summed E-state index contributed by atoms with van der Waals surface area (Å²) in [6.07, 6.45) is 2.37. The number of rotatable bonds is 4. The number of hydrogen-bond acceptors (Lipinski definition) is 1.